The molecule has 0 bridgehead atoms. The van der Waals surface area contributed by atoms with Crippen molar-refractivity contribution < 1.29 is 0 Å². The lowest BCUT2D eigenvalue weighted by Crippen LogP contribution is -2.13. The summed E-state index contributed by atoms with van der Waals surface area (Å²) >= 11 is 1.63. The third-order valence-electron chi connectivity index (χ3n) is 4.87. The Labute approximate surface area is 158 Å². The molecule has 4 rings (SSSR count). The number of aromatic amines is 1. The third kappa shape index (κ3) is 3.13. The Morgan fingerprint density at radius 1 is 1.00 bits per heavy atom. The van der Waals surface area contributed by atoms with Gasteiger partial charge < -0.3 is 10.3 Å². The highest BCUT2D eigenvalue weighted by molar-refractivity contribution is 7.13. The van der Waals surface area contributed by atoms with Crippen molar-refractivity contribution in [3.8, 4) is 0 Å². The fourth-order valence-corrected chi connectivity index (χ4v) is 4.04. The van der Waals surface area contributed by atoms with Gasteiger partial charge in [0.05, 0.1) is 6.04 Å². The maximum atomic E-state index is 4.44. The van der Waals surface area contributed by atoms with E-state index in [0.29, 0.717) is 5.92 Å². The van der Waals surface area contributed by atoms with Gasteiger partial charge in [-0.2, -0.15) is 0 Å². The lowest BCUT2D eigenvalue weighted by molar-refractivity contribution is 0.860. The average molecular weight is 362 g/mol. The van der Waals surface area contributed by atoms with Crippen molar-refractivity contribution in [2.24, 2.45) is 0 Å². The minimum Gasteiger partial charge on any atom is -0.358 e. The number of thiazole rings is 1. The summed E-state index contributed by atoms with van der Waals surface area (Å²) in [6.45, 7) is 6.60. The Morgan fingerprint density at radius 3 is 2.42 bits per heavy atom. The fourth-order valence-electron chi connectivity index (χ4n) is 3.48. The maximum Gasteiger partial charge on any atom is 0.183 e. The van der Waals surface area contributed by atoms with E-state index in [2.05, 4.69) is 84.6 Å². The first-order valence-electron chi connectivity index (χ1n) is 8.96. The molecule has 0 radical (unpaired) electrons. The highest BCUT2D eigenvalue weighted by atomic mass is 32.1. The van der Waals surface area contributed by atoms with Crippen molar-refractivity contribution in [1.29, 1.82) is 0 Å². The zero-order valence-corrected chi connectivity index (χ0v) is 16.1. The zero-order valence-electron chi connectivity index (χ0n) is 15.3. The molecule has 1 unspecified atom stereocenters. The van der Waals surface area contributed by atoms with Gasteiger partial charge in [0.2, 0.25) is 0 Å². The van der Waals surface area contributed by atoms with Crippen LogP contribution in [0.2, 0.25) is 0 Å². The number of nitrogens with zero attached hydrogens (tertiary/aromatic N) is 1. The number of anilines is 1. The average Bonchev–Trinajstić information content (AvgIpc) is 3.26. The van der Waals surface area contributed by atoms with Crippen molar-refractivity contribution in [2.45, 2.75) is 32.7 Å². The molecule has 2 aromatic heterocycles. The van der Waals surface area contributed by atoms with Gasteiger partial charge in [-0.05, 0) is 30.0 Å². The molecule has 2 heterocycles. The van der Waals surface area contributed by atoms with E-state index in [1.165, 1.54) is 33.3 Å². The predicted octanol–water partition coefficient (Wildman–Crippen LogP) is 6.26. The molecule has 4 aromatic rings. The number of hydrogen-bond acceptors (Lipinski definition) is 3. The summed E-state index contributed by atoms with van der Waals surface area (Å²) in [6, 6.07) is 17.5. The summed E-state index contributed by atoms with van der Waals surface area (Å²) in [5.74, 6) is 0.532. The van der Waals surface area contributed by atoms with Crippen LogP contribution in [0.5, 0.6) is 0 Å². The molecule has 2 aromatic carbocycles. The molecule has 3 nitrogen and oxygen atoms in total. The standard InChI is InChI=1S/C22H23N3S/c1-14(2)16-8-10-17(11-9-16)21(25-22-23-12-13-26-22)20-15(3)24-19-7-5-4-6-18(19)20/h4-14,21,24H,1-3H3,(H,23,25). The molecule has 0 amide bonds. The Kier molecular flexibility index (Phi) is 4.51. The number of para-hydroxylation sites is 1. The number of H-pyrrole nitrogens is 1. The zero-order chi connectivity index (χ0) is 18.1. The summed E-state index contributed by atoms with van der Waals surface area (Å²) in [4.78, 5) is 7.97. The molecule has 1 atom stereocenters. The van der Waals surface area contributed by atoms with E-state index in [1.54, 1.807) is 11.3 Å². The third-order valence-corrected chi connectivity index (χ3v) is 5.57. The quantitative estimate of drug-likeness (QED) is 0.440. The minimum absolute atomic E-state index is 0.0542. The lowest BCUT2D eigenvalue weighted by atomic mass is 9.93. The Bertz CT molecular complexity index is 998. The van der Waals surface area contributed by atoms with E-state index in [4.69, 9.17) is 0 Å². The number of aryl methyl sites for hydroxylation is 1. The second-order valence-electron chi connectivity index (χ2n) is 6.95. The fraction of sp³-hybridized carbons (Fsp3) is 0.227. The van der Waals surface area contributed by atoms with Crippen LogP contribution in [0.25, 0.3) is 10.9 Å². The highest BCUT2D eigenvalue weighted by Crippen LogP contribution is 2.35. The maximum absolute atomic E-state index is 4.44. The van der Waals surface area contributed by atoms with E-state index in [0.717, 1.165) is 5.13 Å². The second-order valence-corrected chi connectivity index (χ2v) is 7.84. The summed E-state index contributed by atoms with van der Waals surface area (Å²) in [5.41, 5.74) is 6.25. The predicted molar refractivity (Wildman–Crippen MR) is 111 cm³/mol. The van der Waals surface area contributed by atoms with Crippen LogP contribution >= 0.6 is 11.3 Å². The van der Waals surface area contributed by atoms with Crippen LogP contribution in [-0.2, 0) is 0 Å². The SMILES string of the molecule is Cc1[nH]c2ccccc2c1C(Nc1nccs1)c1ccc(C(C)C)cc1. The summed E-state index contributed by atoms with van der Waals surface area (Å²) in [6.07, 6.45) is 1.84. The van der Waals surface area contributed by atoms with Gasteiger partial charge in [0.25, 0.3) is 0 Å². The minimum atomic E-state index is 0.0542. The molecule has 2 N–H and O–H groups in total. The molecule has 0 saturated heterocycles. The van der Waals surface area contributed by atoms with Gasteiger partial charge in [0.15, 0.2) is 5.13 Å². The topological polar surface area (TPSA) is 40.7 Å². The number of hydrogen-bond donors (Lipinski definition) is 2. The number of aromatic nitrogens is 2. The number of fused-ring (bicyclic) bond motifs is 1. The van der Waals surface area contributed by atoms with E-state index < -0.39 is 0 Å². The highest BCUT2D eigenvalue weighted by Gasteiger charge is 2.21. The monoisotopic (exact) mass is 361 g/mol. The van der Waals surface area contributed by atoms with Gasteiger partial charge in [0, 0.05) is 33.7 Å². The van der Waals surface area contributed by atoms with Crippen molar-refractivity contribution >= 4 is 27.4 Å². The van der Waals surface area contributed by atoms with E-state index >= 15 is 0 Å². The molecule has 0 spiro atoms. The number of rotatable bonds is 5. The van der Waals surface area contributed by atoms with Crippen molar-refractivity contribution in [1.82, 2.24) is 9.97 Å². The van der Waals surface area contributed by atoms with Gasteiger partial charge in [-0.1, -0.05) is 56.3 Å². The first kappa shape index (κ1) is 16.9. The second kappa shape index (κ2) is 6.96. The molecule has 4 heteroatoms. The van der Waals surface area contributed by atoms with Crippen LogP contribution in [0, 0.1) is 6.92 Å². The van der Waals surface area contributed by atoms with Gasteiger partial charge in [-0.25, -0.2) is 4.98 Å². The molecule has 132 valence electrons. The molecular formula is C22H23N3S. The number of nitrogens with one attached hydrogen (secondary N) is 2. The van der Waals surface area contributed by atoms with E-state index in [-0.39, 0.29) is 6.04 Å². The van der Waals surface area contributed by atoms with Crippen LogP contribution < -0.4 is 5.32 Å². The van der Waals surface area contributed by atoms with Crippen molar-refractivity contribution in [3.63, 3.8) is 0 Å². The summed E-state index contributed by atoms with van der Waals surface area (Å²) in [5, 5.41) is 7.84. The van der Waals surface area contributed by atoms with Crippen LogP contribution in [-0.4, -0.2) is 9.97 Å². The Hall–Kier alpha value is -2.59. The molecule has 0 aliphatic heterocycles. The van der Waals surface area contributed by atoms with Crippen molar-refractivity contribution in [2.75, 3.05) is 5.32 Å². The van der Waals surface area contributed by atoms with Crippen LogP contribution in [0.15, 0.2) is 60.1 Å². The molecular weight excluding hydrogens is 338 g/mol. The summed E-state index contributed by atoms with van der Waals surface area (Å²) in [7, 11) is 0. The van der Waals surface area contributed by atoms with E-state index in [1.807, 2.05) is 11.6 Å². The molecule has 0 aliphatic carbocycles. The molecule has 0 aliphatic rings. The molecule has 0 fully saturated rings. The van der Waals surface area contributed by atoms with Crippen LogP contribution in [0.4, 0.5) is 5.13 Å². The van der Waals surface area contributed by atoms with Crippen LogP contribution in [0.1, 0.15) is 48.2 Å². The van der Waals surface area contributed by atoms with Gasteiger partial charge >= 0.3 is 0 Å². The first-order chi connectivity index (χ1) is 12.6. The first-order valence-corrected chi connectivity index (χ1v) is 9.84. The van der Waals surface area contributed by atoms with Gasteiger partial charge in [0.1, 0.15) is 0 Å². The normalized spacial score (nSPS) is 12.6. The number of benzene rings is 2. The Morgan fingerprint density at radius 2 is 1.73 bits per heavy atom. The summed E-state index contributed by atoms with van der Waals surface area (Å²) < 4.78 is 0. The molecule has 0 saturated carbocycles. The van der Waals surface area contributed by atoms with Crippen LogP contribution in [0.3, 0.4) is 0 Å². The van der Waals surface area contributed by atoms with Crippen molar-refractivity contribution in [3.05, 3.63) is 82.5 Å². The lowest BCUT2D eigenvalue weighted by Gasteiger charge is -2.20. The Balaban J connectivity index is 1.83. The molecule has 26 heavy (non-hydrogen) atoms. The smallest absolute Gasteiger partial charge is 0.183 e. The van der Waals surface area contributed by atoms with Gasteiger partial charge in [-0.15, -0.1) is 11.3 Å². The van der Waals surface area contributed by atoms with E-state index in [9.17, 15) is 0 Å². The largest absolute Gasteiger partial charge is 0.358 e. The van der Waals surface area contributed by atoms with Gasteiger partial charge in [-0.3, -0.25) is 0 Å².